The van der Waals surface area contributed by atoms with Crippen molar-refractivity contribution in [2.24, 2.45) is 0 Å². The molecule has 24 heavy (non-hydrogen) atoms. The fourth-order valence-electron chi connectivity index (χ4n) is 3.74. The highest BCUT2D eigenvalue weighted by atomic mass is 16.5. The first kappa shape index (κ1) is 16.8. The lowest BCUT2D eigenvalue weighted by molar-refractivity contribution is 0.240. The van der Waals surface area contributed by atoms with Crippen molar-refractivity contribution in [1.82, 2.24) is 10.1 Å². The van der Waals surface area contributed by atoms with Crippen LogP contribution in [0.3, 0.4) is 0 Å². The molecule has 1 fully saturated rings. The van der Waals surface area contributed by atoms with Crippen LogP contribution >= 0.6 is 0 Å². The standard InChI is InChI=1S/C19H26N2O3/c1-5-16-18(13(2)20-24-16)15-9-7-11-21(15)12-14-8-6-10-17(22-3)19(14)23-4/h6,8,10,15H,5,7,9,11-12H2,1-4H3/t15-/m0/s1. The third-order valence-electron chi connectivity index (χ3n) is 4.86. The smallest absolute Gasteiger partial charge is 0.165 e. The number of benzene rings is 1. The van der Waals surface area contributed by atoms with Crippen LogP contribution in [0.1, 0.15) is 48.4 Å². The zero-order chi connectivity index (χ0) is 17.1. The molecule has 0 spiro atoms. The zero-order valence-electron chi connectivity index (χ0n) is 15.0. The minimum atomic E-state index is 0.363. The Bertz CT molecular complexity index is 696. The number of nitrogens with zero attached hydrogens (tertiary/aromatic N) is 2. The molecular formula is C19H26N2O3. The van der Waals surface area contributed by atoms with Crippen molar-refractivity contribution in [2.45, 2.75) is 45.7 Å². The van der Waals surface area contributed by atoms with Gasteiger partial charge in [0.25, 0.3) is 0 Å². The van der Waals surface area contributed by atoms with Crippen LogP contribution in [0.15, 0.2) is 22.7 Å². The van der Waals surface area contributed by atoms with E-state index < -0.39 is 0 Å². The van der Waals surface area contributed by atoms with Gasteiger partial charge in [0.05, 0.1) is 19.9 Å². The van der Waals surface area contributed by atoms with E-state index in [0.717, 1.165) is 54.4 Å². The molecule has 0 aliphatic carbocycles. The van der Waals surface area contributed by atoms with Gasteiger partial charge in [-0.05, 0) is 32.4 Å². The molecule has 2 heterocycles. The van der Waals surface area contributed by atoms with Crippen molar-refractivity contribution < 1.29 is 14.0 Å². The normalized spacial score (nSPS) is 18.1. The highest BCUT2D eigenvalue weighted by Crippen LogP contribution is 2.39. The van der Waals surface area contributed by atoms with E-state index in [1.54, 1.807) is 14.2 Å². The maximum atomic E-state index is 5.59. The molecule has 1 aromatic heterocycles. The monoisotopic (exact) mass is 330 g/mol. The maximum Gasteiger partial charge on any atom is 0.165 e. The summed E-state index contributed by atoms with van der Waals surface area (Å²) in [5.74, 6) is 2.62. The summed E-state index contributed by atoms with van der Waals surface area (Å²) in [6.45, 7) is 6.06. The summed E-state index contributed by atoms with van der Waals surface area (Å²) in [4.78, 5) is 2.50. The zero-order valence-corrected chi connectivity index (χ0v) is 15.0. The fourth-order valence-corrected chi connectivity index (χ4v) is 3.74. The van der Waals surface area contributed by atoms with E-state index in [9.17, 15) is 0 Å². The Labute approximate surface area is 143 Å². The van der Waals surface area contributed by atoms with Crippen LogP contribution in [0.2, 0.25) is 0 Å². The molecule has 130 valence electrons. The van der Waals surface area contributed by atoms with E-state index in [4.69, 9.17) is 14.0 Å². The van der Waals surface area contributed by atoms with Gasteiger partial charge in [-0.25, -0.2) is 0 Å². The summed E-state index contributed by atoms with van der Waals surface area (Å²) in [5, 5.41) is 4.19. The molecule has 5 nitrogen and oxygen atoms in total. The van der Waals surface area contributed by atoms with Crippen molar-refractivity contribution in [3.05, 3.63) is 40.8 Å². The predicted molar refractivity (Wildman–Crippen MR) is 92.5 cm³/mol. The summed E-state index contributed by atoms with van der Waals surface area (Å²) >= 11 is 0. The van der Waals surface area contributed by atoms with E-state index >= 15 is 0 Å². The van der Waals surface area contributed by atoms with E-state index in [2.05, 4.69) is 23.0 Å². The molecule has 1 aromatic carbocycles. The molecule has 2 aromatic rings. The van der Waals surface area contributed by atoms with E-state index in [1.165, 1.54) is 12.0 Å². The average molecular weight is 330 g/mol. The maximum absolute atomic E-state index is 5.59. The van der Waals surface area contributed by atoms with Crippen LogP contribution in [0.5, 0.6) is 11.5 Å². The highest BCUT2D eigenvalue weighted by molar-refractivity contribution is 5.46. The average Bonchev–Trinajstić information content (AvgIpc) is 3.20. The molecule has 0 unspecified atom stereocenters. The van der Waals surface area contributed by atoms with Gasteiger partial charge < -0.3 is 14.0 Å². The highest BCUT2D eigenvalue weighted by Gasteiger charge is 2.31. The van der Waals surface area contributed by atoms with E-state index in [-0.39, 0.29) is 0 Å². The molecular weight excluding hydrogens is 304 g/mol. The Hall–Kier alpha value is -2.01. The molecule has 0 amide bonds. The van der Waals surface area contributed by atoms with Crippen molar-refractivity contribution in [1.29, 1.82) is 0 Å². The Morgan fingerprint density at radius 2 is 2.12 bits per heavy atom. The molecule has 5 heteroatoms. The molecule has 1 aliphatic heterocycles. The summed E-state index contributed by atoms with van der Waals surface area (Å²) in [6.07, 6.45) is 3.20. The molecule has 0 bridgehead atoms. The van der Waals surface area contributed by atoms with Crippen LogP contribution in [-0.2, 0) is 13.0 Å². The van der Waals surface area contributed by atoms with Crippen LogP contribution in [0, 0.1) is 6.92 Å². The van der Waals surface area contributed by atoms with Crippen LogP contribution in [0.25, 0.3) is 0 Å². The third kappa shape index (κ3) is 3.00. The summed E-state index contributed by atoms with van der Waals surface area (Å²) in [7, 11) is 3.37. The quantitative estimate of drug-likeness (QED) is 0.804. The fraction of sp³-hybridized carbons (Fsp3) is 0.526. The molecule has 1 saturated heterocycles. The molecule has 0 N–H and O–H groups in total. The molecule has 0 saturated carbocycles. The summed E-state index contributed by atoms with van der Waals surface area (Å²) in [5.41, 5.74) is 3.44. The topological polar surface area (TPSA) is 47.7 Å². The molecule has 1 atom stereocenters. The lowest BCUT2D eigenvalue weighted by Crippen LogP contribution is -2.24. The summed E-state index contributed by atoms with van der Waals surface area (Å²) < 4.78 is 16.5. The first-order chi connectivity index (χ1) is 11.7. The van der Waals surface area contributed by atoms with Crippen molar-refractivity contribution in [3.8, 4) is 11.5 Å². The number of hydrogen-bond acceptors (Lipinski definition) is 5. The Morgan fingerprint density at radius 1 is 1.29 bits per heavy atom. The van der Waals surface area contributed by atoms with Crippen molar-refractivity contribution in [3.63, 3.8) is 0 Å². The van der Waals surface area contributed by atoms with Gasteiger partial charge >= 0.3 is 0 Å². The van der Waals surface area contributed by atoms with Gasteiger partial charge in [-0.3, -0.25) is 4.90 Å². The molecule has 1 aliphatic rings. The van der Waals surface area contributed by atoms with Gasteiger partial charge in [-0.2, -0.15) is 0 Å². The number of ether oxygens (including phenoxy) is 2. The molecule has 0 radical (unpaired) electrons. The minimum Gasteiger partial charge on any atom is -0.493 e. The lowest BCUT2D eigenvalue weighted by atomic mass is 10.0. The van der Waals surface area contributed by atoms with Gasteiger partial charge in [-0.1, -0.05) is 24.2 Å². The van der Waals surface area contributed by atoms with Gasteiger partial charge in [0.15, 0.2) is 11.5 Å². The second-order valence-corrected chi connectivity index (χ2v) is 6.24. The van der Waals surface area contributed by atoms with Gasteiger partial charge in [0, 0.05) is 30.1 Å². The van der Waals surface area contributed by atoms with E-state index in [1.807, 2.05) is 19.1 Å². The number of hydrogen-bond donors (Lipinski definition) is 0. The first-order valence-electron chi connectivity index (χ1n) is 8.58. The van der Waals surface area contributed by atoms with Crippen molar-refractivity contribution in [2.75, 3.05) is 20.8 Å². The number of aromatic nitrogens is 1. The number of likely N-dealkylation sites (tertiary alicyclic amines) is 1. The summed E-state index contributed by atoms with van der Waals surface area (Å²) in [6, 6.07) is 6.42. The number of para-hydroxylation sites is 1. The molecule has 3 rings (SSSR count). The van der Waals surface area contributed by atoms with Gasteiger partial charge in [0.2, 0.25) is 0 Å². The Kier molecular flexibility index (Phi) is 5.09. The van der Waals surface area contributed by atoms with Crippen molar-refractivity contribution >= 4 is 0 Å². The SMILES string of the molecule is CCc1onc(C)c1[C@@H]1CCCN1Cc1cccc(OC)c1OC. The third-order valence-corrected chi connectivity index (χ3v) is 4.86. The Balaban J connectivity index is 1.89. The second-order valence-electron chi connectivity index (χ2n) is 6.24. The minimum absolute atomic E-state index is 0.363. The predicted octanol–water partition coefficient (Wildman–Crippen LogP) is 3.90. The van der Waals surface area contributed by atoms with Gasteiger partial charge in [-0.15, -0.1) is 0 Å². The second kappa shape index (κ2) is 7.26. The largest absolute Gasteiger partial charge is 0.493 e. The van der Waals surface area contributed by atoms with E-state index in [0.29, 0.717) is 6.04 Å². The number of methoxy groups -OCH3 is 2. The van der Waals surface area contributed by atoms with Crippen LogP contribution < -0.4 is 9.47 Å². The van der Waals surface area contributed by atoms with Crippen LogP contribution in [-0.4, -0.2) is 30.8 Å². The lowest BCUT2D eigenvalue weighted by Gasteiger charge is -2.26. The number of rotatable bonds is 6. The number of aryl methyl sites for hydroxylation is 2. The Morgan fingerprint density at radius 3 is 2.83 bits per heavy atom. The van der Waals surface area contributed by atoms with Crippen LogP contribution in [0.4, 0.5) is 0 Å². The van der Waals surface area contributed by atoms with Gasteiger partial charge in [0.1, 0.15) is 5.76 Å². The first-order valence-corrected chi connectivity index (χ1v) is 8.58.